The maximum atomic E-state index is 12.2. The van der Waals surface area contributed by atoms with Gasteiger partial charge >= 0.3 is 0 Å². The van der Waals surface area contributed by atoms with Gasteiger partial charge in [-0.3, -0.25) is 4.79 Å². The van der Waals surface area contributed by atoms with Crippen LogP contribution in [0.25, 0.3) is 10.2 Å². The van der Waals surface area contributed by atoms with Gasteiger partial charge in [0.1, 0.15) is 5.01 Å². The minimum Gasteiger partial charge on any atom is -0.493 e. The van der Waals surface area contributed by atoms with E-state index >= 15 is 0 Å². The van der Waals surface area contributed by atoms with Crippen molar-refractivity contribution in [3.8, 4) is 17.2 Å². The summed E-state index contributed by atoms with van der Waals surface area (Å²) in [4.78, 5) is 16.7. The fourth-order valence-corrected chi connectivity index (χ4v) is 3.70. The maximum absolute atomic E-state index is 12.2. The van der Waals surface area contributed by atoms with E-state index in [1.54, 1.807) is 32.7 Å². The van der Waals surface area contributed by atoms with Gasteiger partial charge in [-0.15, -0.1) is 11.3 Å². The number of aromatic nitrogens is 1. The Balaban J connectivity index is 1.58. The molecule has 3 rings (SSSR count). The number of fused-ring (bicyclic) bond motifs is 1. The third kappa shape index (κ3) is 4.49. The highest BCUT2D eigenvalue weighted by Gasteiger charge is 2.14. The summed E-state index contributed by atoms with van der Waals surface area (Å²) in [5, 5.41) is 3.83. The molecule has 2 aromatic carbocycles. The lowest BCUT2D eigenvalue weighted by Gasteiger charge is -2.14. The highest BCUT2D eigenvalue weighted by molar-refractivity contribution is 7.18. The van der Waals surface area contributed by atoms with Crippen molar-refractivity contribution in [2.24, 2.45) is 0 Å². The van der Waals surface area contributed by atoms with Gasteiger partial charge in [-0.25, -0.2) is 4.98 Å². The Labute approximate surface area is 162 Å². The van der Waals surface area contributed by atoms with Crippen LogP contribution in [0.3, 0.4) is 0 Å². The number of carbonyl (C=O) groups excluding carboxylic acids is 1. The van der Waals surface area contributed by atoms with Crippen LogP contribution in [0.2, 0.25) is 0 Å². The molecule has 0 unspecified atom stereocenters. The number of carbonyl (C=O) groups is 1. The standard InChI is InChI=1S/C20H22N2O4S/c1-24-15-10-13(11-16(25-2)20(15)26-3)8-9-18(23)21-12-19-22-14-6-4-5-7-17(14)27-19/h4-7,10-11H,8-9,12H2,1-3H3,(H,21,23). The van der Waals surface area contributed by atoms with Gasteiger partial charge in [0, 0.05) is 6.42 Å². The van der Waals surface area contributed by atoms with Crippen LogP contribution in [-0.2, 0) is 17.8 Å². The number of ether oxygens (including phenoxy) is 3. The molecule has 142 valence electrons. The molecule has 0 bridgehead atoms. The number of hydrogen-bond donors (Lipinski definition) is 1. The van der Waals surface area contributed by atoms with E-state index in [1.807, 2.05) is 36.4 Å². The Hall–Kier alpha value is -2.80. The van der Waals surface area contributed by atoms with E-state index in [2.05, 4.69) is 10.3 Å². The zero-order valence-corrected chi connectivity index (χ0v) is 16.4. The Morgan fingerprint density at radius 1 is 1.07 bits per heavy atom. The van der Waals surface area contributed by atoms with Crippen molar-refractivity contribution < 1.29 is 19.0 Å². The maximum Gasteiger partial charge on any atom is 0.220 e. The molecule has 0 spiro atoms. The molecule has 3 aromatic rings. The predicted molar refractivity (Wildman–Crippen MR) is 106 cm³/mol. The number of nitrogens with zero attached hydrogens (tertiary/aromatic N) is 1. The molecule has 0 saturated heterocycles. The first kappa shape index (κ1) is 19.0. The van der Waals surface area contributed by atoms with Gasteiger partial charge in [0.25, 0.3) is 0 Å². The summed E-state index contributed by atoms with van der Waals surface area (Å²) < 4.78 is 17.1. The lowest BCUT2D eigenvalue weighted by atomic mass is 10.1. The highest BCUT2D eigenvalue weighted by Crippen LogP contribution is 2.38. The van der Waals surface area contributed by atoms with Crippen molar-refractivity contribution in [2.45, 2.75) is 19.4 Å². The molecule has 1 aromatic heterocycles. The van der Waals surface area contributed by atoms with Gasteiger partial charge in [0.05, 0.1) is 38.1 Å². The van der Waals surface area contributed by atoms with Crippen LogP contribution in [0, 0.1) is 0 Å². The topological polar surface area (TPSA) is 69.7 Å². The van der Waals surface area contributed by atoms with Gasteiger partial charge in [-0.1, -0.05) is 12.1 Å². The Bertz CT molecular complexity index is 881. The number of aryl methyl sites for hydroxylation is 1. The molecule has 0 fully saturated rings. The second-order valence-corrected chi connectivity index (χ2v) is 7.00. The minimum atomic E-state index is -0.0250. The molecule has 1 amide bonds. The lowest BCUT2D eigenvalue weighted by molar-refractivity contribution is -0.121. The average Bonchev–Trinajstić information content (AvgIpc) is 3.12. The van der Waals surface area contributed by atoms with Crippen LogP contribution >= 0.6 is 11.3 Å². The van der Waals surface area contributed by atoms with E-state index in [0.717, 1.165) is 20.8 Å². The normalized spacial score (nSPS) is 10.6. The minimum absolute atomic E-state index is 0.0250. The van der Waals surface area contributed by atoms with Crippen molar-refractivity contribution in [1.82, 2.24) is 10.3 Å². The van der Waals surface area contributed by atoms with Crippen LogP contribution in [0.15, 0.2) is 36.4 Å². The molecule has 7 heteroatoms. The van der Waals surface area contributed by atoms with Gasteiger partial charge in [0.2, 0.25) is 11.7 Å². The Morgan fingerprint density at radius 2 is 1.78 bits per heavy atom. The van der Waals surface area contributed by atoms with Gasteiger partial charge < -0.3 is 19.5 Å². The zero-order chi connectivity index (χ0) is 19.2. The molecule has 0 aliphatic heterocycles. The van der Waals surface area contributed by atoms with Crippen LogP contribution in [0.1, 0.15) is 17.0 Å². The van der Waals surface area contributed by atoms with E-state index in [9.17, 15) is 4.79 Å². The SMILES string of the molecule is COc1cc(CCC(=O)NCc2nc3ccccc3s2)cc(OC)c1OC. The third-order valence-electron chi connectivity index (χ3n) is 4.14. The first-order valence-electron chi connectivity index (χ1n) is 8.54. The molecular formula is C20H22N2O4S. The smallest absolute Gasteiger partial charge is 0.220 e. The fraction of sp³-hybridized carbons (Fsp3) is 0.300. The van der Waals surface area contributed by atoms with E-state index in [1.165, 1.54) is 0 Å². The zero-order valence-electron chi connectivity index (χ0n) is 15.6. The van der Waals surface area contributed by atoms with Crippen LogP contribution < -0.4 is 19.5 Å². The predicted octanol–water partition coefficient (Wildman–Crippen LogP) is 3.57. The molecule has 0 atom stereocenters. The molecule has 0 aliphatic carbocycles. The summed E-state index contributed by atoms with van der Waals surface area (Å²) in [5.41, 5.74) is 1.91. The van der Waals surface area contributed by atoms with E-state index in [0.29, 0.717) is 36.6 Å². The van der Waals surface area contributed by atoms with Crippen LogP contribution in [0.5, 0.6) is 17.2 Å². The number of nitrogens with one attached hydrogen (secondary N) is 1. The molecule has 27 heavy (non-hydrogen) atoms. The first-order valence-corrected chi connectivity index (χ1v) is 9.36. The van der Waals surface area contributed by atoms with E-state index < -0.39 is 0 Å². The van der Waals surface area contributed by atoms with Crippen molar-refractivity contribution in [1.29, 1.82) is 0 Å². The number of benzene rings is 2. The van der Waals surface area contributed by atoms with Crippen molar-refractivity contribution in [3.05, 3.63) is 47.0 Å². The third-order valence-corrected chi connectivity index (χ3v) is 5.18. The summed E-state index contributed by atoms with van der Waals surface area (Å²) >= 11 is 1.59. The second-order valence-electron chi connectivity index (χ2n) is 5.89. The number of methoxy groups -OCH3 is 3. The molecule has 6 nitrogen and oxygen atoms in total. The van der Waals surface area contributed by atoms with Gasteiger partial charge in [0.15, 0.2) is 11.5 Å². The number of thiazole rings is 1. The van der Waals surface area contributed by atoms with E-state index in [-0.39, 0.29) is 5.91 Å². The summed E-state index contributed by atoms with van der Waals surface area (Å²) in [6.07, 6.45) is 0.936. The van der Waals surface area contributed by atoms with Crippen molar-refractivity contribution >= 4 is 27.5 Å². The van der Waals surface area contributed by atoms with Crippen LogP contribution in [0.4, 0.5) is 0 Å². The van der Waals surface area contributed by atoms with Crippen LogP contribution in [-0.4, -0.2) is 32.2 Å². The first-order chi connectivity index (χ1) is 13.1. The summed E-state index contributed by atoms with van der Waals surface area (Å²) in [6, 6.07) is 11.7. The lowest BCUT2D eigenvalue weighted by Crippen LogP contribution is -2.22. The molecule has 1 N–H and O–H groups in total. The number of hydrogen-bond acceptors (Lipinski definition) is 6. The number of para-hydroxylation sites is 1. The second kappa shape index (κ2) is 8.73. The summed E-state index contributed by atoms with van der Waals surface area (Å²) in [7, 11) is 4.72. The Morgan fingerprint density at radius 3 is 2.41 bits per heavy atom. The number of amides is 1. The van der Waals surface area contributed by atoms with Crippen molar-refractivity contribution in [2.75, 3.05) is 21.3 Å². The number of rotatable bonds is 8. The monoisotopic (exact) mass is 386 g/mol. The molecule has 0 saturated carbocycles. The molecule has 1 heterocycles. The quantitative estimate of drug-likeness (QED) is 0.641. The van der Waals surface area contributed by atoms with Crippen molar-refractivity contribution in [3.63, 3.8) is 0 Å². The molecule has 0 radical (unpaired) electrons. The summed E-state index contributed by atoms with van der Waals surface area (Å²) in [5.74, 6) is 1.69. The van der Waals surface area contributed by atoms with Gasteiger partial charge in [-0.05, 0) is 36.2 Å². The Kier molecular flexibility index (Phi) is 6.13. The molecule has 0 aliphatic rings. The highest BCUT2D eigenvalue weighted by atomic mass is 32.1. The molecular weight excluding hydrogens is 364 g/mol. The summed E-state index contributed by atoms with van der Waals surface area (Å²) in [6.45, 7) is 0.438. The average molecular weight is 386 g/mol. The van der Waals surface area contributed by atoms with Gasteiger partial charge in [-0.2, -0.15) is 0 Å². The largest absolute Gasteiger partial charge is 0.493 e. The fourth-order valence-electron chi connectivity index (χ4n) is 2.80. The van der Waals surface area contributed by atoms with E-state index in [4.69, 9.17) is 14.2 Å².